The van der Waals surface area contributed by atoms with Gasteiger partial charge in [0.15, 0.2) is 6.61 Å². The molecule has 0 heterocycles. The Labute approximate surface area is 113 Å². The Morgan fingerprint density at radius 2 is 2.05 bits per heavy atom. The van der Waals surface area contributed by atoms with Gasteiger partial charge in [-0.15, -0.1) is 0 Å². The average Bonchev–Trinajstić information content (AvgIpc) is 2.37. The van der Waals surface area contributed by atoms with Crippen molar-refractivity contribution in [2.24, 2.45) is 0 Å². The van der Waals surface area contributed by atoms with Crippen molar-refractivity contribution in [3.05, 3.63) is 24.3 Å². The molecule has 0 unspecified atom stereocenters. The summed E-state index contributed by atoms with van der Waals surface area (Å²) >= 11 is 0. The van der Waals surface area contributed by atoms with Crippen molar-refractivity contribution in [2.75, 3.05) is 26.0 Å². The number of nitrogen functional groups attached to an aromatic ring is 1. The van der Waals surface area contributed by atoms with E-state index in [4.69, 9.17) is 15.2 Å². The molecule has 5 nitrogen and oxygen atoms in total. The zero-order valence-corrected chi connectivity index (χ0v) is 11.1. The molecule has 1 aliphatic carbocycles. The highest BCUT2D eigenvalue weighted by Gasteiger charge is 2.37. The molecule has 5 heteroatoms. The third kappa shape index (κ3) is 3.61. The van der Waals surface area contributed by atoms with Crippen molar-refractivity contribution in [2.45, 2.75) is 24.9 Å². The third-order valence-corrected chi connectivity index (χ3v) is 3.56. The number of rotatable bonds is 6. The Morgan fingerprint density at radius 3 is 2.58 bits per heavy atom. The van der Waals surface area contributed by atoms with Crippen LogP contribution in [0.4, 0.5) is 5.69 Å². The number of nitrogens with one attached hydrogen (secondary N) is 1. The highest BCUT2D eigenvalue weighted by Crippen LogP contribution is 2.34. The van der Waals surface area contributed by atoms with Crippen LogP contribution in [-0.2, 0) is 9.53 Å². The lowest BCUT2D eigenvalue weighted by molar-refractivity contribution is -0.126. The molecule has 0 spiro atoms. The van der Waals surface area contributed by atoms with Crippen LogP contribution < -0.4 is 15.8 Å². The lowest BCUT2D eigenvalue weighted by atomic mass is 9.80. The Morgan fingerprint density at radius 1 is 1.37 bits per heavy atom. The number of anilines is 1. The van der Waals surface area contributed by atoms with Crippen LogP contribution in [0, 0.1) is 0 Å². The summed E-state index contributed by atoms with van der Waals surface area (Å²) in [7, 11) is 1.69. The van der Waals surface area contributed by atoms with Crippen LogP contribution in [0.25, 0.3) is 0 Å². The van der Waals surface area contributed by atoms with E-state index in [0.717, 1.165) is 19.3 Å². The molecule has 1 amide bonds. The minimum atomic E-state index is -0.156. The minimum absolute atomic E-state index is 0.00368. The van der Waals surface area contributed by atoms with Crippen molar-refractivity contribution in [3.8, 4) is 5.75 Å². The van der Waals surface area contributed by atoms with Gasteiger partial charge < -0.3 is 20.5 Å². The summed E-state index contributed by atoms with van der Waals surface area (Å²) in [5, 5.41) is 2.84. The van der Waals surface area contributed by atoms with Gasteiger partial charge in [0.2, 0.25) is 0 Å². The van der Waals surface area contributed by atoms with Crippen LogP contribution in [0.2, 0.25) is 0 Å². The zero-order valence-electron chi connectivity index (χ0n) is 11.1. The largest absolute Gasteiger partial charge is 0.484 e. The van der Waals surface area contributed by atoms with Crippen molar-refractivity contribution >= 4 is 11.6 Å². The first-order chi connectivity index (χ1) is 9.13. The molecular formula is C14H20N2O3. The summed E-state index contributed by atoms with van der Waals surface area (Å²) in [6, 6.07) is 6.96. The highest BCUT2D eigenvalue weighted by molar-refractivity contribution is 5.77. The number of methoxy groups -OCH3 is 1. The molecular weight excluding hydrogens is 244 g/mol. The lowest BCUT2D eigenvalue weighted by Gasteiger charge is -2.40. The predicted molar refractivity (Wildman–Crippen MR) is 73.0 cm³/mol. The van der Waals surface area contributed by atoms with Gasteiger partial charge in [-0.05, 0) is 43.5 Å². The van der Waals surface area contributed by atoms with E-state index in [1.807, 2.05) is 0 Å². The Balaban J connectivity index is 1.71. The van der Waals surface area contributed by atoms with Gasteiger partial charge in [-0.1, -0.05) is 0 Å². The average molecular weight is 264 g/mol. The fourth-order valence-corrected chi connectivity index (χ4v) is 2.05. The summed E-state index contributed by atoms with van der Waals surface area (Å²) in [5.41, 5.74) is 6.08. The van der Waals surface area contributed by atoms with Crippen molar-refractivity contribution < 1.29 is 14.3 Å². The SMILES string of the molecule is COC1(CNC(=O)COc2ccc(N)cc2)CCC1. The number of benzene rings is 1. The number of amides is 1. The molecule has 2 rings (SSSR count). The summed E-state index contributed by atoms with van der Waals surface area (Å²) in [4.78, 5) is 11.7. The first-order valence-electron chi connectivity index (χ1n) is 6.44. The van der Waals surface area contributed by atoms with Gasteiger partial charge in [0, 0.05) is 19.3 Å². The number of carbonyl (C=O) groups excluding carboxylic acids is 1. The Bertz CT molecular complexity index is 421. The van der Waals surface area contributed by atoms with E-state index in [9.17, 15) is 4.79 Å². The molecule has 1 aromatic rings. The number of hydrogen-bond donors (Lipinski definition) is 2. The first kappa shape index (κ1) is 13.7. The van der Waals surface area contributed by atoms with Crippen LogP contribution in [0.15, 0.2) is 24.3 Å². The molecule has 104 valence electrons. The van der Waals surface area contributed by atoms with Crippen LogP contribution in [0.1, 0.15) is 19.3 Å². The van der Waals surface area contributed by atoms with Gasteiger partial charge >= 0.3 is 0 Å². The van der Waals surface area contributed by atoms with E-state index in [1.165, 1.54) is 0 Å². The lowest BCUT2D eigenvalue weighted by Crippen LogP contribution is -2.50. The van der Waals surface area contributed by atoms with Crippen molar-refractivity contribution in [3.63, 3.8) is 0 Å². The summed E-state index contributed by atoms with van der Waals surface area (Å²) < 4.78 is 10.8. The first-order valence-corrected chi connectivity index (χ1v) is 6.44. The quantitative estimate of drug-likeness (QED) is 0.760. The topological polar surface area (TPSA) is 73.6 Å². The second kappa shape index (κ2) is 5.93. The zero-order chi connectivity index (χ0) is 13.7. The maximum atomic E-state index is 11.7. The number of hydrogen-bond acceptors (Lipinski definition) is 4. The molecule has 0 atom stereocenters. The Kier molecular flexibility index (Phi) is 4.27. The molecule has 0 aromatic heterocycles. The third-order valence-electron chi connectivity index (χ3n) is 3.56. The molecule has 1 fully saturated rings. The number of ether oxygens (including phenoxy) is 2. The summed E-state index contributed by atoms with van der Waals surface area (Å²) in [5.74, 6) is 0.495. The maximum Gasteiger partial charge on any atom is 0.258 e. The molecule has 3 N–H and O–H groups in total. The van der Waals surface area contributed by atoms with Gasteiger partial charge in [0.25, 0.3) is 5.91 Å². The van der Waals surface area contributed by atoms with E-state index in [0.29, 0.717) is 18.0 Å². The molecule has 1 saturated carbocycles. The van der Waals surface area contributed by atoms with E-state index in [1.54, 1.807) is 31.4 Å². The molecule has 1 aliphatic rings. The van der Waals surface area contributed by atoms with Crippen LogP contribution in [0.3, 0.4) is 0 Å². The van der Waals surface area contributed by atoms with Gasteiger partial charge in [-0.3, -0.25) is 4.79 Å². The fraction of sp³-hybridized carbons (Fsp3) is 0.500. The molecule has 0 aliphatic heterocycles. The molecule has 0 radical (unpaired) electrons. The number of carbonyl (C=O) groups is 1. The van der Waals surface area contributed by atoms with Gasteiger partial charge in [0.05, 0.1) is 5.60 Å². The second-order valence-corrected chi connectivity index (χ2v) is 4.88. The van der Waals surface area contributed by atoms with Crippen molar-refractivity contribution in [1.82, 2.24) is 5.32 Å². The molecule has 1 aromatic carbocycles. The second-order valence-electron chi connectivity index (χ2n) is 4.88. The maximum absolute atomic E-state index is 11.7. The molecule has 0 bridgehead atoms. The standard InChI is InChI=1S/C14H20N2O3/c1-18-14(7-2-8-14)10-16-13(17)9-19-12-5-3-11(15)4-6-12/h3-6H,2,7-10,15H2,1H3,(H,16,17). The molecule has 0 saturated heterocycles. The van der Waals surface area contributed by atoms with E-state index < -0.39 is 0 Å². The van der Waals surface area contributed by atoms with Crippen molar-refractivity contribution in [1.29, 1.82) is 0 Å². The monoisotopic (exact) mass is 264 g/mol. The highest BCUT2D eigenvalue weighted by atomic mass is 16.5. The van der Waals surface area contributed by atoms with Crippen LogP contribution in [-0.4, -0.2) is 31.8 Å². The Hall–Kier alpha value is -1.75. The van der Waals surface area contributed by atoms with Gasteiger partial charge in [-0.25, -0.2) is 0 Å². The van der Waals surface area contributed by atoms with Gasteiger partial charge in [0.1, 0.15) is 5.75 Å². The van der Waals surface area contributed by atoms with E-state index in [2.05, 4.69) is 5.32 Å². The normalized spacial score (nSPS) is 16.5. The summed E-state index contributed by atoms with van der Waals surface area (Å²) in [6.45, 7) is 0.553. The number of nitrogens with two attached hydrogens (primary N) is 1. The van der Waals surface area contributed by atoms with E-state index in [-0.39, 0.29) is 18.1 Å². The van der Waals surface area contributed by atoms with Crippen LogP contribution in [0.5, 0.6) is 5.75 Å². The van der Waals surface area contributed by atoms with Gasteiger partial charge in [-0.2, -0.15) is 0 Å². The predicted octanol–water partition coefficient (Wildman–Crippen LogP) is 1.33. The molecule has 19 heavy (non-hydrogen) atoms. The fourth-order valence-electron chi connectivity index (χ4n) is 2.05. The summed E-state index contributed by atoms with van der Waals surface area (Å²) in [6.07, 6.45) is 3.16. The smallest absolute Gasteiger partial charge is 0.258 e. The minimum Gasteiger partial charge on any atom is -0.484 e. The van der Waals surface area contributed by atoms with Crippen LogP contribution >= 0.6 is 0 Å². The van der Waals surface area contributed by atoms with E-state index >= 15 is 0 Å².